The first kappa shape index (κ1) is 95.9. The van der Waals surface area contributed by atoms with Crippen LogP contribution in [0.15, 0.2) is 0 Å². The van der Waals surface area contributed by atoms with Crippen LogP contribution in [0.1, 0.15) is 361 Å². The summed E-state index contributed by atoms with van der Waals surface area (Å²) in [5, 5.41) is 137. The molecule has 0 aromatic carbocycles. The van der Waals surface area contributed by atoms with Crippen molar-refractivity contribution in [3.63, 3.8) is 0 Å². The average Bonchev–Trinajstić information content (AvgIpc) is 0.755. The smallest absolute Gasteiger partial charge is 0.364 e. The van der Waals surface area contributed by atoms with Gasteiger partial charge in [-0.15, -0.1) is 0 Å². The third-order valence-electron chi connectivity index (χ3n) is 21.8. The van der Waals surface area contributed by atoms with E-state index in [1.54, 1.807) is 0 Å². The predicted octanol–water partition coefficient (Wildman–Crippen LogP) is 12.0. The van der Waals surface area contributed by atoms with E-state index in [-0.39, 0.29) is 18.9 Å². The number of hydrogen-bond donors (Lipinski definition) is 14. The molecule has 3 aliphatic heterocycles. The van der Waals surface area contributed by atoms with Crippen LogP contribution in [0, 0.1) is 0 Å². The van der Waals surface area contributed by atoms with Crippen molar-refractivity contribution in [1.82, 2.24) is 10.6 Å². The van der Waals surface area contributed by atoms with Crippen LogP contribution in [0.3, 0.4) is 0 Å². The molecule has 2 amide bonds. The van der Waals surface area contributed by atoms with Gasteiger partial charge in [-0.25, -0.2) is 4.79 Å². The van der Waals surface area contributed by atoms with Crippen LogP contribution in [-0.2, 0) is 42.8 Å². The molecule has 0 saturated carbocycles. The fraction of sp³-hybridized carbons (Fsp3) is 0.963. The molecule has 0 spiro atoms. The van der Waals surface area contributed by atoms with Crippen molar-refractivity contribution in [2.45, 2.75) is 471 Å². The number of amides is 2. The van der Waals surface area contributed by atoms with Gasteiger partial charge in [0.2, 0.25) is 11.8 Å². The maximum absolute atomic E-state index is 13.6. The number of carbonyl (C=O) groups is 3. The van der Waals surface area contributed by atoms with E-state index >= 15 is 0 Å². The lowest BCUT2D eigenvalue weighted by atomic mass is 9.88. The van der Waals surface area contributed by atoms with Gasteiger partial charge in [-0.1, -0.05) is 328 Å². The molecule has 0 aliphatic carbocycles. The number of ether oxygens (including phenoxy) is 6. The second-order valence-corrected chi connectivity index (χ2v) is 31.1. The number of aliphatic hydroxyl groups excluding tert-OH is 11. The van der Waals surface area contributed by atoms with Crippen molar-refractivity contribution in [3.8, 4) is 0 Å². The van der Waals surface area contributed by atoms with Gasteiger partial charge < -0.3 is 100 Å². The molecule has 3 saturated heterocycles. The highest BCUT2D eigenvalue weighted by atomic mass is 16.8. The number of carboxylic acid groups (broad SMARTS) is 1. The largest absolute Gasteiger partial charge is 0.477 e. The average molecular weight is 1490 g/mol. The minimum absolute atomic E-state index is 0.230. The molecular formula is C81H154N2O21. The normalized spacial score (nSPS) is 26.3. The Bertz CT molecular complexity index is 2070. The van der Waals surface area contributed by atoms with E-state index in [1.165, 1.54) is 263 Å². The lowest BCUT2D eigenvalue weighted by Gasteiger charge is -2.50. The molecule has 3 aliphatic rings. The summed E-state index contributed by atoms with van der Waals surface area (Å²) in [6, 6.07) is -2.53. The molecule has 0 bridgehead atoms. The van der Waals surface area contributed by atoms with Gasteiger partial charge in [-0.3, -0.25) is 9.59 Å². The van der Waals surface area contributed by atoms with Gasteiger partial charge in [-0.2, -0.15) is 0 Å². The summed E-state index contributed by atoms with van der Waals surface area (Å²) in [7, 11) is 0. The minimum atomic E-state index is -3.08. The van der Waals surface area contributed by atoms with Crippen molar-refractivity contribution < 1.29 is 104 Å². The zero-order valence-corrected chi connectivity index (χ0v) is 65.2. The van der Waals surface area contributed by atoms with Crippen LogP contribution < -0.4 is 10.6 Å². The molecule has 614 valence electrons. The molecule has 3 fully saturated rings. The standard InChI is InChI=1S/C81H154N2O21/c1-4-6-8-10-12-14-16-18-20-22-23-24-25-26-27-28-29-30-31-32-33-34-35-36-37-39-41-43-45-47-49-51-53-55-68(91)83-62(63(88)54-52-50-48-46-44-42-40-38-21-19-17-15-13-11-9-7-5-2)60-99-78-73(95)72(94)75(67(59-86)101-78)102-79-74(96)77(71(93)66(58-85)100-79)104-81(80(97)98)56-64(89)69(82-61(3)87)76(103-81)70(92)65(90)57-84/h62-67,69-79,84-86,88-90,92-96H,4-60H2,1-3H3,(H,82,87)(H,83,91)(H,97,98). The summed E-state index contributed by atoms with van der Waals surface area (Å²) in [5.74, 6) is -6.09. The van der Waals surface area contributed by atoms with Crippen LogP contribution >= 0.6 is 0 Å². The van der Waals surface area contributed by atoms with E-state index in [2.05, 4.69) is 24.5 Å². The van der Waals surface area contributed by atoms with Crippen LogP contribution in [-0.4, -0.2) is 215 Å². The molecule has 0 radical (unpaired) electrons. The third kappa shape index (κ3) is 40.1. The Labute approximate surface area is 627 Å². The summed E-state index contributed by atoms with van der Waals surface area (Å²) >= 11 is 0. The van der Waals surface area contributed by atoms with Crippen LogP contribution in [0.4, 0.5) is 0 Å². The molecule has 104 heavy (non-hydrogen) atoms. The molecule has 0 aromatic heterocycles. The van der Waals surface area contributed by atoms with E-state index in [9.17, 15) is 75.7 Å². The van der Waals surface area contributed by atoms with Gasteiger partial charge >= 0.3 is 5.97 Å². The van der Waals surface area contributed by atoms with Crippen molar-refractivity contribution in [2.75, 3.05) is 26.4 Å². The first-order chi connectivity index (χ1) is 50.4. The number of aliphatic carboxylic acids is 1. The predicted molar refractivity (Wildman–Crippen MR) is 403 cm³/mol. The van der Waals surface area contributed by atoms with Crippen molar-refractivity contribution in [1.29, 1.82) is 0 Å². The highest BCUT2D eigenvalue weighted by Crippen LogP contribution is 2.39. The second kappa shape index (κ2) is 60.5. The molecule has 18 unspecified atom stereocenters. The number of carboxylic acids is 1. The monoisotopic (exact) mass is 1490 g/mol. The number of nitrogens with one attached hydrogen (secondary N) is 2. The lowest BCUT2D eigenvalue weighted by Crippen LogP contribution is -2.70. The van der Waals surface area contributed by atoms with E-state index in [1.807, 2.05) is 0 Å². The highest BCUT2D eigenvalue weighted by Gasteiger charge is 2.60. The zero-order chi connectivity index (χ0) is 76.0. The van der Waals surface area contributed by atoms with Crippen molar-refractivity contribution >= 4 is 17.8 Å². The van der Waals surface area contributed by atoms with Crippen LogP contribution in [0.25, 0.3) is 0 Å². The molecule has 0 aromatic rings. The minimum Gasteiger partial charge on any atom is -0.477 e. The summed E-state index contributed by atoms with van der Waals surface area (Å²) < 4.78 is 35.0. The number of hydrogen-bond acceptors (Lipinski definition) is 20. The summed E-state index contributed by atoms with van der Waals surface area (Å²) in [6.45, 7) is 2.27. The molecule has 3 rings (SSSR count). The Morgan fingerprint density at radius 2 is 0.837 bits per heavy atom. The fourth-order valence-electron chi connectivity index (χ4n) is 15.1. The Balaban J connectivity index is 1.44. The third-order valence-corrected chi connectivity index (χ3v) is 21.8. The van der Waals surface area contributed by atoms with Gasteiger partial charge in [0.25, 0.3) is 5.79 Å². The quantitative estimate of drug-likeness (QED) is 0.0252. The second-order valence-electron chi connectivity index (χ2n) is 31.1. The van der Waals surface area contributed by atoms with Gasteiger partial charge in [-0.05, 0) is 12.8 Å². The molecular weight excluding hydrogens is 1340 g/mol. The molecule has 23 heteroatoms. The Hall–Kier alpha value is -2.27. The van der Waals surface area contributed by atoms with E-state index < -0.39 is 148 Å². The maximum atomic E-state index is 13.6. The maximum Gasteiger partial charge on any atom is 0.364 e. The molecule has 3 heterocycles. The van der Waals surface area contributed by atoms with E-state index in [0.717, 1.165) is 51.9 Å². The van der Waals surface area contributed by atoms with E-state index in [4.69, 9.17) is 28.4 Å². The summed E-state index contributed by atoms with van der Waals surface area (Å²) in [5.41, 5.74) is 0. The number of aliphatic hydroxyl groups is 11. The zero-order valence-electron chi connectivity index (χ0n) is 65.2. The Kier molecular flexibility index (Phi) is 55.8. The van der Waals surface area contributed by atoms with Crippen molar-refractivity contribution in [2.24, 2.45) is 0 Å². The van der Waals surface area contributed by atoms with Gasteiger partial charge in [0.05, 0.1) is 50.7 Å². The first-order valence-corrected chi connectivity index (χ1v) is 42.4. The van der Waals surface area contributed by atoms with Gasteiger partial charge in [0.15, 0.2) is 12.6 Å². The Morgan fingerprint density at radius 3 is 1.20 bits per heavy atom. The SMILES string of the molecule is CCCCCCCCCCCCCCCCCCCCCCCCCCCCCCCCCCCC(=O)NC(COC1OC(CO)C(OC2OC(CO)C(O)C(OC3(C(=O)O)CC(O)C(NC(C)=O)C(C(O)C(O)CO)O3)C2O)C(O)C1O)C(O)CCCCCCCCCCCCCCCCCCC. The van der Waals surface area contributed by atoms with Gasteiger partial charge in [0.1, 0.15) is 67.1 Å². The topological polar surface area (TPSA) is 373 Å². The lowest BCUT2D eigenvalue weighted by molar-refractivity contribution is -0.386. The summed E-state index contributed by atoms with van der Waals surface area (Å²) in [6.07, 6.45) is 35.5. The molecule has 14 N–H and O–H groups in total. The van der Waals surface area contributed by atoms with Crippen LogP contribution in [0.2, 0.25) is 0 Å². The van der Waals surface area contributed by atoms with Crippen molar-refractivity contribution in [3.05, 3.63) is 0 Å². The number of rotatable bonds is 68. The summed E-state index contributed by atoms with van der Waals surface area (Å²) in [4.78, 5) is 38.7. The molecule has 23 nitrogen and oxygen atoms in total. The Morgan fingerprint density at radius 1 is 0.462 bits per heavy atom. The van der Waals surface area contributed by atoms with Crippen LogP contribution in [0.5, 0.6) is 0 Å². The number of unbranched alkanes of at least 4 members (excludes halogenated alkanes) is 48. The molecule has 18 atom stereocenters. The first-order valence-electron chi connectivity index (χ1n) is 42.4. The van der Waals surface area contributed by atoms with E-state index in [0.29, 0.717) is 19.3 Å². The van der Waals surface area contributed by atoms with Gasteiger partial charge in [0, 0.05) is 19.8 Å². The fourth-order valence-corrected chi connectivity index (χ4v) is 15.1. The number of carbonyl (C=O) groups excluding carboxylic acids is 2. The highest BCUT2D eigenvalue weighted by molar-refractivity contribution is 5.77.